The first-order chi connectivity index (χ1) is 9.72. The summed E-state index contributed by atoms with van der Waals surface area (Å²) in [7, 11) is 0. The van der Waals surface area contributed by atoms with Gasteiger partial charge in [-0.3, -0.25) is 9.59 Å². The number of hydrogen-bond donors (Lipinski definition) is 2. The molecular formula is C17H25NO3. The van der Waals surface area contributed by atoms with Crippen molar-refractivity contribution in [2.24, 2.45) is 11.3 Å². The Labute approximate surface area is 126 Å². The van der Waals surface area contributed by atoms with Gasteiger partial charge in [-0.1, -0.05) is 44.2 Å². The number of carbonyl (C=O) groups is 2. The molecule has 1 atom stereocenters. The summed E-state index contributed by atoms with van der Waals surface area (Å²) in [5.41, 5.74) is -0.00365. The normalized spacial score (nSPS) is 13.0. The van der Waals surface area contributed by atoms with Crippen molar-refractivity contribution >= 4 is 11.9 Å². The standard InChI is InChI=1S/C17H25NO3/c1-12(2)10-14(13-8-6-5-7-9-13)18-15(19)11-17(3,4)16(20)21/h5-9,12,14H,10-11H2,1-4H3,(H,18,19)(H,20,21). The second kappa shape index (κ2) is 7.25. The summed E-state index contributed by atoms with van der Waals surface area (Å²) in [6, 6.07) is 9.70. The first kappa shape index (κ1) is 17.2. The monoisotopic (exact) mass is 291 g/mol. The first-order valence-corrected chi connectivity index (χ1v) is 7.30. The van der Waals surface area contributed by atoms with E-state index in [2.05, 4.69) is 19.2 Å². The van der Waals surface area contributed by atoms with Gasteiger partial charge in [0.05, 0.1) is 11.5 Å². The molecule has 0 heterocycles. The van der Waals surface area contributed by atoms with Crippen molar-refractivity contribution in [3.63, 3.8) is 0 Å². The van der Waals surface area contributed by atoms with Crippen LogP contribution in [0.3, 0.4) is 0 Å². The van der Waals surface area contributed by atoms with Crippen molar-refractivity contribution in [2.45, 2.75) is 46.6 Å². The molecule has 0 aliphatic carbocycles. The summed E-state index contributed by atoms with van der Waals surface area (Å²) in [4.78, 5) is 23.3. The molecule has 2 N–H and O–H groups in total. The Balaban J connectivity index is 2.78. The molecule has 0 radical (unpaired) electrons. The van der Waals surface area contributed by atoms with E-state index >= 15 is 0 Å². The molecule has 1 aromatic carbocycles. The molecule has 1 rings (SSSR count). The fraction of sp³-hybridized carbons (Fsp3) is 0.529. The van der Waals surface area contributed by atoms with Gasteiger partial charge in [-0.15, -0.1) is 0 Å². The largest absolute Gasteiger partial charge is 0.481 e. The van der Waals surface area contributed by atoms with E-state index in [1.807, 2.05) is 30.3 Å². The zero-order valence-corrected chi connectivity index (χ0v) is 13.2. The second-order valence-electron chi connectivity index (χ2n) is 6.53. The highest BCUT2D eigenvalue weighted by Gasteiger charge is 2.31. The molecule has 0 bridgehead atoms. The van der Waals surface area contributed by atoms with Crippen molar-refractivity contribution in [3.8, 4) is 0 Å². The van der Waals surface area contributed by atoms with Gasteiger partial charge in [-0.05, 0) is 31.7 Å². The first-order valence-electron chi connectivity index (χ1n) is 7.30. The number of carboxylic acid groups (broad SMARTS) is 1. The van der Waals surface area contributed by atoms with E-state index in [0.717, 1.165) is 12.0 Å². The lowest BCUT2D eigenvalue weighted by Crippen LogP contribution is -2.35. The van der Waals surface area contributed by atoms with E-state index in [1.54, 1.807) is 13.8 Å². The predicted octanol–water partition coefficient (Wildman–Crippen LogP) is 3.39. The Morgan fingerprint density at radius 1 is 1.19 bits per heavy atom. The SMILES string of the molecule is CC(C)CC(NC(=O)CC(C)(C)C(=O)O)c1ccccc1. The quantitative estimate of drug-likeness (QED) is 0.809. The minimum atomic E-state index is -1.05. The van der Waals surface area contributed by atoms with E-state index in [1.165, 1.54) is 0 Å². The van der Waals surface area contributed by atoms with Gasteiger partial charge in [0, 0.05) is 6.42 Å². The number of aliphatic carboxylic acids is 1. The Morgan fingerprint density at radius 2 is 1.76 bits per heavy atom. The molecule has 1 unspecified atom stereocenters. The van der Waals surface area contributed by atoms with E-state index in [9.17, 15) is 9.59 Å². The topological polar surface area (TPSA) is 66.4 Å². The molecule has 0 aliphatic heterocycles. The Bertz CT molecular complexity index is 480. The smallest absolute Gasteiger partial charge is 0.309 e. The lowest BCUT2D eigenvalue weighted by atomic mass is 9.88. The number of hydrogen-bond acceptors (Lipinski definition) is 2. The summed E-state index contributed by atoms with van der Waals surface area (Å²) in [6.07, 6.45) is 0.799. The minimum Gasteiger partial charge on any atom is -0.481 e. The summed E-state index contributed by atoms with van der Waals surface area (Å²) in [5.74, 6) is -0.752. The van der Waals surface area contributed by atoms with Crippen molar-refractivity contribution in [1.29, 1.82) is 0 Å². The van der Waals surface area contributed by atoms with Gasteiger partial charge >= 0.3 is 5.97 Å². The Hall–Kier alpha value is -1.84. The highest BCUT2D eigenvalue weighted by molar-refractivity contribution is 5.84. The van der Waals surface area contributed by atoms with Crippen LogP contribution in [0.15, 0.2) is 30.3 Å². The van der Waals surface area contributed by atoms with E-state index < -0.39 is 11.4 Å². The average molecular weight is 291 g/mol. The molecule has 0 fully saturated rings. The number of nitrogens with one attached hydrogen (secondary N) is 1. The van der Waals surface area contributed by atoms with Crippen molar-refractivity contribution < 1.29 is 14.7 Å². The lowest BCUT2D eigenvalue weighted by molar-refractivity contribution is -0.149. The van der Waals surface area contributed by atoms with Crippen LogP contribution in [0.4, 0.5) is 0 Å². The van der Waals surface area contributed by atoms with Crippen LogP contribution in [0.1, 0.15) is 52.1 Å². The van der Waals surface area contributed by atoms with Gasteiger partial charge < -0.3 is 10.4 Å². The third-order valence-electron chi connectivity index (χ3n) is 3.43. The molecule has 0 saturated carbocycles. The third-order valence-corrected chi connectivity index (χ3v) is 3.43. The highest BCUT2D eigenvalue weighted by Crippen LogP contribution is 2.24. The van der Waals surface area contributed by atoms with E-state index in [0.29, 0.717) is 5.92 Å². The Morgan fingerprint density at radius 3 is 2.24 bits per heavy atom. The summed E-state index contributed by atoms with van der Waals surface area (Å²) < 4.78 is 0. The summed E-state index contributed by atoms with van der Waals surface area (Å²) in [6.45, 7) is 7.33. The van der Waals surface area contributed by atoms with Crippen LogP contribution in [-0.4, -0.2) is 17.0 Å². The molecule has 116 valence electrons. The van der Waals surface area contributed by atoms with Crippen molar-refractivity contribution in [3.05, 3.63) is 35.9 Å². The van der Waals surface area contributed by atoms with Gasteiger partial charge in [0.1, 0.15) is 0 Å². The fourth-order valence-corrected chi connectivity index (χ4v) is 2.16. The maximum atomic E-state index is 12.2. The summed E-state index contributed by atoms with van der Waals surface area (Å²) in [5, 5.41) is 12.1. The van der Waals surface area contributed by atoms with Gasteiger partial charge in [0.25, 0.3) is 0 Å². The van der Waals surface area contributed by atoms with Crippen LogP contribution in [0.5, 0.6) is 0 Å². The van der Waals surface area contributed by atoms with Gasteiger partial charge in [0.15, 0.2) is 0 Å². The zero-order chi connectivity index (χ0) is 16.0. The van der Waals surface area contributed by atoms with Crippen LogP contribution in [0, 0.1) is 11.3 Å². The average Bonchev–Trinajstić information content (AvgIpc) is 2.37. The molecule has 21 heavy (non-hydrogen) atoms. The molecule has 0 aliphatic rings. The maximum Gasteiger partial charge on any atom is 0.309 e. The molecule has 4 heteroatoms. The van der Waals surface area contributed by atoms with Crippen molar-refractivity contribution in [2.75, 3.05) is 0 Å². The van der Waals surface area contributed by atoms with Crippen LogP contribution in [0.2, 0.25) is 0 Å². The lowest BCUT2D eigenvalue weighted by Gasteiger charge is -2.24. The second-order valence-corrected chi connectivity index (χ2v) is 6.53. The van der Waals surface area contributed by atoms with E-state index in [-0.39, 0.29) is 18.4 Å². The minimum absolute atomic E-state index is 0.0240. The molecular weight excluding hydrogens is 266 g/mol. The number of benzene rings is 1. The Kier molecular flexibility index (Phi) is 5.94. The summed E-state index contributed by atoms with van der Waals surface area (Å²) >= 11 is 0. The highest BCUT2D eigenvalue weighted by atomic mass is 16.4. The number of rotatable bonds is 7. The van der Waals surface area contributed by atoms with Crippen LogP contribution >= 0.6 is 0 Å². The zero-order valence-electron chi connectivity index (χ0n) is 13.2. The molecule has 0 spiro atoms. The molecule has 1 amide bonds. The van der Waals surface area contributed by atoms with Gasteiger partial charge in [0.2, 0.25) is 5.91 Å². The van der Waals surface area contributed by atoms with Crippen LogP contribution in [-0.2, 0) is 9.59 Å². The van der Waals surface area contributed by atoms with Crippen LogP contribution < -0.4 is 5.32 Å². The fourth-order valence-electron chi connectivity index (χ4n) is 2.16. The van der Waals surface area contributed by atoms with Gasteiger partial charge in [-0.2, -0.15) is 0 Å². The maximum absolute atomic E-state index is 12.2. The molecule has 0 aromatic heterocycles. The molecule has 0 saturated heterocycles. The third kappa shape index (κ3) is 5.58. The molecule has 1 aromatic rings. The number of carbonyl (C=O) groups excluding carboxylic acids is 1. The predicted molar refractivity (Wildman–Crippen MR) is 82.8 cm³/mol. The van der Waals surface area contributed by atoms with Gasteiger partial charge in [-0.25, -0.2) is 0 Å². The number of amides is 1. The molecule has 4 nitrogen and oxygen atoms in total. The van der Waals surface area contributed by atoms with E-state index in [4.69, 9.17) is 5.11 Å². The number of carboxylic acids is 1. The van der Waals surface area contributed by atoms with Crippen LogP contribution in [0.25, 0.3) is 0 Å². The van der Waals surface area contributed by atoms with Crippen molar-refractivity contribution in [1.82, 2.24) is 5.32 Å².